The Morgan fingerprint density at radius 2 is 2.31 bits per heavy atom. The summed E-state index contributed by atoms with van der Waals surface area (Å²) in [6, 6.07) is 3.75. The van der Waals surface area contributed by atoms with Gasteiger partial charge in [-0.25, -0.2) is 0 Å². The van der Waals surface area contributed by atoms with E-state index in [0.29, 0.717) is 6.61 Å². The van der Waals surface area contributed by atoms with Crippen LogP contribution in [-0.2, 0) is 21.6 Å². The maximum Gasteiger partial charge on any atom is 0.304 e. The fraction of sp³-hybridized carbons (Fsp3) is 0.583. The molecule has 0 saturated heterocycles. The quantitative estimate of drug-likeness (QED) is 0.833. The average Bonchev–Trinajstić information content (AvgIpc) is 2.60. The van der Waals surface area contributed by atoms with Crippen LogP contribution in [0.15, 0.2) is 16.5 Å². The molecule has 1 aliphatic carbocycles. The molecule has 88 valence electrons. The van der Waals surface area contributed by atoms with Gasteiger partial charge in [0.05, 0.1) is 6.42 Å². The lowest BCUT2D eigenvalue weighted by Crippen LogP contribution is -2.36. The molecular weight excluding hydrogens is 208 g/mol. The second-order valence-corrected chi connectivity index (χ2v) is 4.40. The largest absolute Gasteiger partial charge is 0.481 e. The standard InChI is InChI=1S/C12H16O4/c1-15-8-9-3-4-10(16-9)12(5-2-6-12)7-11(13)14/h3-4H,2,5-8H2,1H3,(H,13,14). The van der Waals surface area contributed by atoms with Gasteiger partial charge in [0, 0.05) is 12.5 Å². The molecule has 2 rings (SSSR count). The molecule has 4 nitrogen and oxygen atoms in total. The SMILES string of the molecule is COCc1ccc(C2(CC(=O)O)CCC2)o1. The number of furan rings is 1. The van der Waals surface area contributed by atoms with Crippen molar-refractivity contribution in [2.75, 3.05) is 7.11 Å². The number of aliphatic carboxylic acids is 1. The third-order valence-corrected chi connectivity index (χ3v) is 3.27. The van der Waals surface area contributed by atoms with Crippen LogP contribution >= 0.6 is 0 Å². The van der Waals surface area contributed by atoms with E-state index in [1.54, 1.807) is 7.11 Å². The maximum absolute atomic E-state index is 10.8. The van der Waals surface area contributed by atoms with Crippen LogP contribution in [0, 0.1) is 0 Å². The van der Waals surface area contributed by atoms with Crippen molar-refractivity contribution >= 4 is 5.97 Å². The molecule has 1 aliphatic rings. The number of rotatable bonds is 5. The predicted octanol–water partition coefficient (Wildman–Crippen LogP) is 2.32. The average molecular weight is 224 g/mol. The number of carbonyl (C=O) groups is 1. The van der Waals surface area contributed by atoms with Crippen molar-refractivity contribution in [2.45, 2.75) is 37.7 Å². The lowest BCUT2D eigenvalue weighted by atomic mass is 9.65. The van der Waals surface area contributed by atoms with Crippen LogP contribution < -0.4 is 0 Å². The molecule has 1 aromatic heterocycles. The minimum atomic E-state index is -0.760. The molecule has 0 amide bonds. The summed E-state index contributed by atoms with van der Waals surface area (Å²) in [5.41, 5.74) is -0.266. The van der Waals surface area contributed by atoms with Crippen molar-refractivity contribution in [3.63, 3.8) is 0 Å². The molecule has 0 bridgehead atoms. The Morgan fingerprint density at radius 3 is 2.81 bits per heavy atom. The van der Waals surface area contributed by atoms with E-state index in [2.05, 4.69) is 0 Å². The highest BCUT2D eigenvalue weighted by molar-refractivity contribution is 5.69. The molecule has 0 atom stereocenters. The molecule has 0 aromatic carbocycles. The lowest BCUT2D eigenvalue weighted by molar-refractivity contribution is -0.139. The molecule has 0 aliphatic heterocycles. The summed E-state index contributed by atoms with van der Waals surface area (Å²) in [6.07, 6.45) is 3.04. The summed E-state index contributed by atoms with van der Waals surface area (Å²) in [5.74, 6) is 0.798. The zero-order valence-electron chi connectivity index (χ0n) is 9.36. The zero-order chi connectivity index (χ0) is 11.6. The number of carboxylic acids is 1. The van der Waals surface area contributed by atoms with Gasteiger partial charge in [-0.05, 0) is 25.0 Å². The summed E-state index contributed by atoms with van der Waals surface area (Å²) < 4.78 is 10.6. The van der Waals surface area contributed by atoms with Gasteiger partial charge in [0.25, 0.3) is 0 Å². The van der Waals surface area contributed by atoms with Crippen LogP contribution in [0.25, 0.3) is 0 Å². The Bertz CT molecular complexity index is 376. The van der Waals surface area contributed by atoms with Gasteiger partial charge in [-0.3, -0.25) is 4.79 Å². The number of ether oxygens (including phenoxy) is 1. The minimum Gasteiger partial charge on any atom is -0.481 e. The van der Waals surface area contributed by atoms with E-state index in [9.17, 15) is 4.79 Å². The first-order chi connectivity index (χ1) is 7.66. The first-order valence-electron chi connectivity index (χ1n) is 5.46. The van der Waals surface area contributed by atoms with E-state index in [1.165, 1.54) is 0 Å². The Labute approximate surface area is 94.2 Å². The highest BCUT2D eigenvalue weighted by atomic mass is 16.5. The number of hydrogen-bond donors (Lipinski definition) is 1. The van der Waals surface area contributed by atoms with Crippen molar-refractivity contribution in [1.82, 2.24) is 0 Å². The molecule has 1 saturated carbocycles. The van der Waals surface area contributed by atoms with Crippen LogP contribution in [0.5, 0.6) is 0 Å². The van der Waals surface area contributed by atoms with E-state index in [4.69, 9.17) is 14.3 Å². The van der Waals surface area contributed by atoms with Gasteiger partial charge >= 0.3 is 5.97 Å². The number of carboxylic acid groups (broad SMARTS) is 1. The minimum absolute atomic E-state index is 0.160. The van der Waals surface area contributed by atoms with Crippen molar-refractivity contribution in [3.8, 4) is 0 Å². The van der Waals surface area contributed by atoms with Gasteiger partial charge in [0.15, 0.2) is 0 Å². The topological polar surface area (TPSA) is 59.7 Å². The molecule has 1 aromatic rings. The second kappa shape index (κ2) is 4.29. The van der Waals surface area contributed by atoms with Gasteiger partial charge in [-0.2, -0.15) is 0 Å². The van der Waals surface area contributed by atoms with Gasteiger partial charge in [-0.15, -0.1) is 0 Å². The summed E-state index contributed by atoms with van der Waals surface area (Å²) >= 11 is 0. The van der Waals surface area contributed by atoms with Gasteiger partial charge in [0.1, 0.15) is 18.1 Å². The Balaban J connectivity index is 2.16. The van der Waals surface area contributed by atoms with Crippen molar-refractivity contribution < 1.29 is 19.1 Å². The highest BCUT2D eigenvalue weighted by Crippen LogP contribution is 2.47. The second-order valence-electron chi connectivity index (χ2n) is 4.40. The molecular formula is C12H16O4. The van der Waals surface area contributed by atoms with Gasteiger partial charge in [-0.1, -0.05) is 6.42 Å². The molecule has 4 heteroatoms. The Morgan fingerprint density at radius 1 is 1.56 bits per heavy atom. The maximum atomic E-state index is 10.8. The third kappa shape index (κ3) is 1.97. The summed E-state index contributed by atoms with van der Waals surface area (Å²) in [6.45, 7) is 0.434. The first-order valence-corrected chi connectivity index (χ1v) is 5.46. The predicted molar refractivity (Wildman–Crippen MR) is 57.2 cm³/mol. The molecule has 0 radical (unpaired) electrons. The molecule has 1 fully saturated rings. The van der Waals surface area contributed by atoms with E-state index < -0.39 is 5.97 Å². The van der Waals surface area contributed by atoms with Crippen molar-refractivity contribution in [3.05, 3.63) is 23.7 Å². The van der Waals surface area contributed by atoms with Crippen LogP contribution in [0.3, 0.4) is 0 Å². The van der Waals surface area contributed by atoms with E-state index in [-0.39, 0.29) is 11.8 Å². The van der Waals surface area contributed by atoms with E-state index >= 15 is 0 Å². The van der Waals surface area contributed by atoms with Crippen molar-refractivity contribution in [1.29, 1.82) is 0 Å². The van der Waals surface area contributed by atoms with E-state index in [0.717, 1.165) is 30.8 Å². The molecule has 1 N–H and O–H groups in total. The fourth-order valence-electron chi connectivity index (χ4n) is 2.29. The van der Waals surface area contributed by atoms with Crippen molar-refractivity contribution in [2.24, 2.45) is 0 Å². The van der Waals surface area contributed by atoms with Crippen LogP contribution in [0.2, 0.25) is 0 Å². The van der Waals surface area contributed by atoms with Crippen LogP contribution in [-0.4, -0.2) is 18.2 Å². The van der Waals surface area contributed by atoms with Gasteiger partial charge < -0.3 is 14.3 Å². The number of methoxy groups -OCH3 is 1. The fourth-order valence-corrected chi connectivity index (χ4v) is 2.29. The van der Waals surface area contributed by atoms with E-state index in [1.807, 2.05) is 12.1 Å². The molecule has 0 spiro atoms. The first kappa shape index (κ1) is 11.2. The van der Waals surface area contributed by atoms with Crippen LogP contribution in [0.1, 0.15) is 37.2 Å². The number of hydrogen-bond acceptors (Lipinski definition) is 3. The van der Waals surface area contributed by atoms with Crippen LogP contribution in [0.4, 0.5) is 0 Å². The lowest BCUT2D eigenvalue weighted by Gasteiger charge is -2.38. The third-order valence-electron chi connectivity index (χ3n) is 3.27. The van der Waals surface area contributed by atoms with Gasteiger partial charge in [0.2, 0.25) is 0 Å². The Hall–Kier alpha value is -1.29. The Kier molecular flexibility index (Phi) is 3.01. The molecule has 1 heterocycles. The zero-order valence-corrected chi connectivity index (χ0v) is 9.36. The summed E-state index contributed by atoms with van der Waals surface area (Å²) in [4.78, 5) is 10.8. The summed E-state index contributed by atoms with van der Waals surface area (Å²) in [5, 5.41) is 8.92. The smallest absolute Gasteiger partial charge is 0.304 e. The molecule has 16 heavy (non-hydrogen) atoms. The molecule has 0 unspecified atom stereocenters. The highest BCUT2D eigenvalue weighted by Gasteiger charge is 2.43. The summed E-state index contributed by atoms with van der Waals surface area (Å²) in [7, 11) is 1.61. The normalized spacial score (nSPS) is 18.1. The monoisotopic (exact) mass is 224 g/mol.